The zero-order chi connectivity index (χ0) is 15.8. The van der Waals surface area contributed by atoms with Gasteiger partial charge in [0.15, 0.2) is 0 Å². The molecule has 0 amide bonds. The third-order valence-electron chi connectivity index (χ3n) is 5.34. The number of halogens is 1. The Balaban J connectivity index is 1.43. The Morgan fingerprint density at radius 3 is 2.74 bits per heavy atom. The van der Waals surface area contributed by atoms with Crippen LogP contribution in [-0.2, 0) is 6.54 Å². The van der Waals surface area contributed by atoms with Crippen molar-refractivity contribution >= 4 is 11.6 Å². The van der Waals surface area contributed by atoms with Gasteiger partial charge in [-0.1, -0.05) is 23.7 Å². The number of aromatic nitrogens is 2. The molecule has 1 saturated heterocycles. The Morgan fingerprint density at radius 2 is 2.00 bits per heavy atom. The third kappa shape index (κ3) is 3.16. The van der Waals surface area contributed by atoms with E-state index in [0.717, 1.165) is 37.5 Å². The van der Waals surface area contributed by atoms with Crippen LogP contribution in [0.5, 0.6) is 0 Å². The van der Waals surface area contributed by atoms with Gasteiger partial charge in [0.05, 0.1) is 12.1 Å². The van der Waals surface area contributed by atoms with Crippen molar-refractivity contribution in [1.29, 1.82) is 0 Å². The minimum absolute atomic E-state index is 0.123. The Morgan fingerprint density at radius 1 is 1.17 bits per heavy atom. The van der Waals surface area contributed by atoms with Crippen LogP contribution in [0.2, 0.25) is 5.02 Å². The predicted molar refractivity (Wildman–Crippen MR) is 90.2 cm³/mol. The van der Waals surface area contributed by atoms with Crippen LogP contribution >= 0.6 is 11.6 Å². The third-order valence-corrected chi connectivity index (χ3v) is 5.58. The first-order chi connectivity index (χ1) is 11.2. The first kappa shape index (κ1) is 15.2. The maximum Gasteiger partial charge on any atom is 0.0781 e. The minimum atomic E-state index is -0.290. The summed E-state index contributed by atoms with van der Waals surface area (Å²) in [6.07, 6.45) is 5.36. The summed E-state index contributed by atoms with van der Waals surface area (Å²) in [7, 11) is 0. The van der Waals surface area contributed by atoms with Gasteiger partial charge in [0, 0.05) is 37.1 Å². The molecule has 1 N–H and O–H groups in total. The average molecular weight is 332 g/mol. The van der Waals surface area contributed by atoms with Gasteiger partial charge in [0.25, 0.3) is 0 Å². The lowest BCUT2D eigenvalue weighted by atomic mass is 9.77. The fourth-order valence-corrected chi connectivity index (χ4v) is 4.50. The van der Waals surface area contributed by atoms with Crippen molar-refractivity contribution in [2.75, 3.05) is 13.1 Å². The molecule has 2 aliphatic rings. The van der Waals surface area contributed by atoms with Gasteiger partial charge in [0.2, 0.25) is 0 Å². The topological polar surface area (TPSA) is 41.3 Å². The second-order valence-electron chi connectivity index (χ2n) is 6.94. The van der Waals surface area contributed by atoms with Crippen LogP contribution in [0, 0.1) is 11.8 Å². The molecule has 0 radical (unpaired) electrons. The van der Waals surface area contributed by atoms with E-state index in [9.17, 15) is 5.11 Å². The Kier molecular flexibility index (Phi) is 4.14. The van der Waals surface area contributed by atoms with Gasteiger partial charge in [-0.25, -0.2) is 0 Å². The number of hydrogen-bond donors (Lipinski definition) is 1. The van der Waals surface area contributed by atoms with E-state index in [1.165, 1.54) is 5.56 Å². The number of nitrogens with zero attached hydrogens (tertiary/aromatic N) is 3. The molecule has 1 aliphatic heterocycles. The van der Waals surface area contributed by atoms with Crippen LogP contribution in [0.25, 0.3) is 0 Å². The highest BCUT2D eigenvalue weighted by Crippen LogP contribution is 2.41. The fraction of sp³-hybridized carbons (Fsp3) is 0.500. The molecule has 2 aromatic rings. The van der Waals surface area contributed by atoms with Crippen molar-refractivity contribution in [3.05, 3.63) is 53.3 Å². The number of aliphatic hydroxyl groups excluding tert-OH is 1. The lowest BCUT2D eigenvalue weighted by Crippen LogP contribution is -2.36. The Labute approximate surface area is 141 Å². The largest absolute Gasteiger partial charge is 0.391 e. The first-order valence-electron chi connectivity index (χ1n) is 8.33. The number of rotatable bonds is 3. The van der Waals surface area contributed by atoms with Crippen molar-refractivity contribution in [3.63, 3.8) is 0 Å². The zero-order valence-electron chi connectivity index (χ0n) is 13.1. The summed E-state index contributed by atoms with van der Waals surface area (Å²) in [6, 6.07) is 10.2. The molecule has 4 atom stereocenters. The predicted octanol–water partition coefficient (Wildman–Crippen LogP) is 2.98. The Hall–Kier alpha value is -1.36. The first-order valence-corrected chi connectivity index (χ1v) is 8.71. The van der Waals surface area contributed by atoms with E-state index in [2.05, 4.69) is 16.1 Å². The molecule has 0 unspecified atom stereocenters. The molecule has 2 heterocycles. The maximum atomic E-state index is 10.5. The standard InChI is InChI=1S/C18H22ClN3O/c19-16-4-1-3-13(7-16)10-21-11-14-8-17(22-6-2-5-20-22)18(23)9-15(14)12-21/h1-7,14-15,17-18,23H,8-12H2/t14-,15+,17-,18-/m0/s1. The summed E-state index contributed by atoms with van der Waals surface area (Å²) in [5.41, 5.74) is 1.26. The lowest BCUT2D eigenvalue weighted by molar-refractivity contribution is 0.0306. The molecule has 1 saturated carbocycles. The van der Waals surface area contributed by atoms with Crippen molar-refractivity contribution < 1.29 is 5.11 Å². The van der Waals surface area contributed by atoms with E-state index in [-0.39, 0.29) is 12.1 Å². The molecule has 122 valence electrons. The molecule has 4 nitrogen and oxygen atoms in total. The summed E-state index contributed by atoms with van der Waals surface area (Å²) in [6.45, 7) is 3.11. The fourth-order valence-electron chi connectivity index (χ4n) is 4.29. The second-order valence-corrected chi connectivity index (χ2v) is 7.37. The van der Waals surface area contributed by atoms with Gasteiger partial charge in [-0.3, -0.25) is 9.58 Å². The SMILES string of the molecule is O[C@H]1C[C@@H]2CN(Cc3cccc(Cl)c3)C[C@@H]2C[C@@H]1n1cccn1. The van der Waals surface area contributed by atoms with Crippen molar-refractivity contribution in [3.8, 4) is 0 Å². The lowest BCUT2D eigenvalue weighted by Gasteiger charge is -2.35. The molecule has 4 rings (SSSR count). The minimum Gasteiger partial charge on any atom is -0.391 e. The Bertz CT molecular complexity index is 660. The second kappa shape index (κ2) is 6.27. The monoisotopic (exact) mass is 331 g/mol. The van der Waals surface area contributed by atoms with Crippen molar-refractivity contribution in [2.24, 2.45) is 11.8 Å². The summed E-state index contributed by atoms with van der Waals surface area (Å²) >= 11 is 6.09. The molecule has 1 aromatic carbocycles. The van der Waals surface area contributed by atoms with Gasteiger partial charge in [-0.2, -0.15) is 5.10 Å². The van der Waals surface area contributed by atoms with Crippen LogP contribution in [0.3, 0.4) is 0 Å². The molecule has 1 aliphatic carbocycles. The normalized spacial score (nSPS) is 31.2. The molecule has 1 aromatic heterocycles. The van der Waals surface area contributed by atoms with Gasteiger partial charge in [-0.15, -0.1) is 0 Å². The highest BCUT2D eigenvalue weighted by atomic mass is 35.5. The molecule has 23 heavy (non-hydrogen) atoms. The smallest absolute Gasteiger partial charge is 0.0781 e. The quantitative estimate of drug-likeness (QED) is 0.940. The average Bonchev–Trinajstić information content (AvgIpc) is 3.15. The van der Waals surface area contributed by atoms with Crippen LogP contribution in [0.15, 0.2) is 42.7 Å². The molecule has 0 bridgehead atoms. The zero-order valence-corrected chi connectivity index (χ0v) is 13.8. The van der Waals surface area contributed by atoms with E-state index >= 15 is 0 Å². The molecule has 0 spiro atoms. The highest BCUT2D eigenvalue weighted by Gasteiger charge is 2.42. The van der Waals surface area contributed by atoms with Gasteiger partial charge >= 0.3 is 0 Å². The van der Waals surface area contributed by atoms with E-state index < -0.39 is 0 Å². The van der Waals surface area contributed by atoms with E-state index in [1.807, 2.05) is 35.1 Å². The summed E-state index contributed by atoms with van der Waals surface area (Å²) in [5.74, 6) is 1.24. The number of hydrogen-bond acceptors (Lipinski definition) is 3. The van der Waals surface area contributed by atoms with Crippen LogP contribution in [0.1, 0.15) is 24.4 Å². The van der Waals surface area contributed by atoms with Crippen molar-refractivity contribution in [2.45, 2.75) is 31.5 Å². The van der Waals surface area contributed by atoms with Crippen LogP contribution in [-0.4, -0.2) is 39.0 Å². The van der Waals surface area contributed by atoms with Crippen LogP contribution in [0.4, 0.5) is 0 Å². The molecule has 2 fully saturated rings. The van der Waals surface area contributed by atoms with Gasteiger partial charge in [-0.05, 0) is 48.4 Å². The molecular weight excluding hydrogens is 310 g/mol. The van der Waals surface area contributed by atoms with E-state index in [4.69, 9.17) is 11.6 Å². The number of benzene rings is 1. The summed E-state index contributed by atoms with van der Waals surface area (Å²) < 4.78 is 1.93. The van der Waals surface area contributed by atoms with Gasteiger partial charge < -0.3 is 5.11 Å². The number of aliphatic hydroxyl groups is 1. The van der Waals surface area contributed by atoms with E-state index in [1.54, 1.807) is 6.20 Å². The summed E-state index contributed by atoms with van der Waals surface area (Å²) in [5, 5.41) is 15.6. The molecular formula is C18H22ClN3O. The van der Waals surface area contributed by atoms with Gasteiger partial charge in [0.1, 0.15) is 0 Å². The highest BCUT2D eigenvalue weighted by molar-refractivity contribution is 6.30. The van der Waals surface area contributed by atoms with Crippen molar-refractivity contribution in [1.82, 2.24) is 14.7 Å². The van der Waals surface area contributed by atoms with E-state index in [0.29, 0.717) is 11.8 Å². The number of fused-ring (bicyclic) bond motifs is 1. The molecule has 5 heteroatoms. The summed E-state index contributed by atoms with van der Waals surface area (Å²) in [4.78, 5) is 2.50. The maximum absolute atomic E-state index is 10.5. The number of likely N-dealkylation sites (tertiary alicyclic amines) is 1. The van der Waals surface area contributed by atoms with Crippen LogP contribution < -0.4 is 0 Å².